The second-order valence-corrected chi connectivity index (χ2v) is 4.93. The van der Waals surface area contributed by atoms with Gasteiger partial charge in [0.25, 0.3) is 0 Å². The van der Waals surface area contributed by atoms with Gasteiger partial charge in [0.05, 0.1) is 0 Å². The maximum absolute atomic E-state index is 5.46. The molecule has 1 saturated heterocycles. The van der Waals surface area contributed by atoms with E-state index in [0.717, 1.165) is 38.0 Å². The van der Waals surface area contributed by atoms with Crippen molar-refractivity contribution in [1.29, 1.82) is 0 Å². The number of ether oxygens (including phenoxy) is 2. The molecule has 0 spiro atoms. The van der Waals surface area contributed by atoms with Crippen LogP contribution in [0.15, 0.2) is 36.9 Å². The Morgan fingerprint density at radius 3 is 2.68 bits per heavy atom. The van der Waals surface area contributed by atoms with Gasteiger partial charge in [-0.2, -0.15) is 0 Å². The molecule has 0 bridgehead atoms. The SMILES string of the molecule is C=CCOc1ccc(CNCC2CCOCC2)cc1. The lowest BCUT2D eigenvalue weighted by molar-refractivity contribution is 0.0662. The molecule has 104 valence electrons. The molecule has 0 amide bonds. The molecule has 1 N–H and O–H groups in total. The van der Waals surface area contributed by atoms with Crippen molar-refractivity contribution in [3.05, 3.63) is 42.5 Å². The van der Waals surface area contributed by atoms with E-state index in [1.807, 2.05) is 12.1 Å². The van der Waals surface area contributed by atoms with E-state index in [4.69, 9.17) is 9.47 Å². The minimum absolute atomic E-state index is 0.557. The standard InChI is InChI=1S/C16H23NO2/c1-2-9-19-16-5-3-14(4-6-16)12-17-13-15-7-10-18-11-8-15/h2-6,15,17H,1,7-13H2. The highest BCUT2D eigenvalue weighted by atomic mass is 16.5. The lowest BCUT2D eigenvalue weighted by Crippen LogP contribution is -2.27. The number of hydrogen-bond acceptors (Lipinski definition) is 3. The van der Waals surface area contributed by atoms with Gasteiger partial charge in [0.15, 0.2) is 0 Å². The maximum atomic E-state index is 5.46. The van der Waals surface area contributed by atoms with Crippen molar-refractivity contribution in [3.8, 4) is 5.75 Å². The van der Waals surface area contributed by atoms with E-state index >= 15 is 0 Å². The summed E-state index contributed by atoms with van der Waals surface area (Å²) in [6.45, 7) is 8.03. The second-order valence-electron chi connectivity index (χ2n) is 4.93. The third kappa shape index (κ3) is 5.05. The quantitative estimate of drug-likeness (QED) is 0.766. The van der Waals surface area contributed by atoms with Crippen LogP contribution in [0.3, 0.4) is 0 Å². The molecule has 2 rings (SSSR count). The molecule has 0 aliphatic carbocycles. The molecule has 1 fully saturated rings. The molecule has 1 aliphatic heterocycles. The van der Waals surface area contributed by atoms with Crippen LogP contribution >= 0.6 is 0 Å². The number of hydrogen-bond donors (Lipinski definition) is 1. The van der Waals surface area contributed by atoms with Crippen molar-refractivity contribution in [2.24, 2.45) is 5.92 Å². The van der Waals surface area contributed by atoms with Gasteiger partial charge in [-0.15, -0.1) is 0 Å². The molecule has 1 aromatic carbocycles. The van der Waals surface area contributed by atoms with Gasteiger partial charge < -0.3 is 14.8 Å². The molecule has 0 unspecified atom stereocenters. The van der Waals surface area contributed by atoms with Gasteiger partial charge in [0.2, 0.25) is 0 Å². The fraction of sp³-hybridized carbons (Fsp3) is 0.500. The van der Waals surface area contributed by atoms with Crippen LogP contribution in [-0.4, -0.2) is 26.4 Å². The van der Waals surface area contributed by atoms with Crippen molar-refractivity contribution in [3.63, 3.8) is 0 Å². The summed E-state index contributed by atoms with van der Waals surface area (Å²) in [6, 6.07) is 8.23. The number of benzene rings is 1. The fourth-order valence-corrected chi connectivity index (χ4v) is 2.23. The van der Waals surface area contributed by atoms with Crippen LogP contribution in [0.2, 0.25) is 0 Å². The normalized spacial score (nSPS) is 16.2. The highest BCUT2D eigenvalue weighted by molar-refractivity contribution is 5.27. The Morgan fingerprint density at radius 1 is 1.26 bits per heavy atom. The van der Waals surface area contributed by atoms with E-state index in [2.05, 4.69) is 24.0 Å². The molecular formula is C16H23NO2. The summed E-state index contributed by atoms with van der Waals surface area (Å²) in [6.07, 6.45) is 4.12. The molecule has 0 atom stereocenters. The van der Waals surface area contributed by atoms with E-state index in [-0.39, 0.29) is 0 Å². The van der Waals surface area contributed by atoms with Crippen LogP contribution in [0.4, 0.5) is 0 Å². The molecule has 0 aromatic heterocycles. The van der Waals surface area contributed by atoms with Crippen molar-refractivity contribution >= 4 is 0 Å². The molecular weight excluding hydrogens is 238 g/mol. The Hall–Kier alpha value is -1.32. The Morgan fingerprint density at radius 2 is 2.00 bits per heavy atom. The summed E-state index contributed by atoms with van der Waals surface area (Å²) in [5.41, 5.74) is 1.29. The molecule has 0 radical (unpaired) electrons. The van der Waals surface area contributed by atoms with Crippen LogP contribution < -0.4 is 10.1 Å². The van der Waals surface area contributed by atoms with Gasteiger partial charge in [-0.3, -0.25) is 0 Å². The summed E-state index contributed by atoms with van der Waals surface area (Å²) in [5.74, 6) is 1.66. The Balaban J connectivity index is 1.68. The van der Waals surface area contributed by atoms with E-state index in [0.29, 0.717) is 6.61 Å². The third-order valence-corrected chi connectivity index (χ3v) is 3.39. The first-order chi connectivity index (χ1) is 9.38. The molecule has 1 aromatic rings. The second kappa shape index (κ2) is 7.97. The first-order valence-corrected chi connectivity index (χ1v) is 6.99. The van der Waals surface area contributed by atoms with Crippen LogP contribution in [0.25, 0.3) is 0 Å². The highest BCUT2D eigenvalue weighted by Gasteiger charge is 2.12. The van der Waals surface area contributed by atoms with E-state index in [9.17, 15) is 0 Å². The molecule has 1 heterocycles. The third-order valence-electron chi connectivity index (χ3n) is 3.39. The zero-order valence-electron chi connectivity index (χ0n) is 11.4. The summed E-state index contributed by atoms with van der Waals surface area (Å²) in [4.78, 5) is 0. The van der Waals surface area contributed by atoms with Crippen LogP contribution in [0.1, 0.15) is 18.4 Å². The zero-order chi connectivity index (χ0) is 13.3. The van der Waals surface area contributed by atoms with Crippen molar-refractivity contribution < 1.29 is 9.47 Å². The van der Waals surface area contributed by atoms with Crippen LogP contribution in [0, 0.1) is 5.92 Å². The van der Waals surface area contributed by atoms with Gasteiger partial charge in [0.1, 0.15) is 12.4 Å². The van der Waals surface area contributed by atoms with Gasteiger partial charge in [0, 0.05) is 19.8 Å². The van der Waals surface area contributed by atoms with Crippen LogP contribution in [-0.2, 0) is 11.3 Å². The van der Waals surface area contributed by atoms with Crippen molar-refractivity contribution in [2.75, 3.05) is 26.4 Å². The van der Waals surface area contributed by atoms with Gasteiger partial charge in [-0.05, 0) is 43.0 Å². The highest BCUT2D eigenvalue weighted by Crippen LogP contribution is 2.14. The summed E-state index contributed by atoms with van der Waals surface area (Å²) in [5, 5.41) is 3.52. The summed E-state index contributed by atoms with van der Waals surface area (Å²) >= 11 is 0. The predicted octanol–water partition coefficient (Wildman–Crippen LogP) is 2.77. The van der Waals surface area contributed by atoms with E-state index in [1.165, 1.54) is 18.4 Å². The monoisotopic (exact) mass is 261 g/mol. The van der Waals surface area contributed by atoms with Crippen molar-refractivity contribution in [2.45, 2.75) is 19.4 Å². The number of rotatable bonds is 7. The van der Waals surface area contributed by atoms with Crippen LogP contribution in [0.5, 0.6) is 5.75 Å². The average Bonchev–Trinajstić information content (AvgIpc) is 2.47. The van der Waals surface area contributed by atoms with Gasteiger partial charge in [-0.25, -0.2) is 0 Å². The Kier molecular flexibility index (Phi) is 5.92. The number of nitrogens with one attached hydrogen (secondary N) is 1. The predicted molar refractivity (Wildman–Crippen MR) is 77.4 cm³/mol. The largest absolute Gasteiger partial charge is 0.490 e. The first-order valence-electron chi connectivity index (χ1n) is 6.99. The lowest BCUT2D eigenvalue weighted by atomic mass is 10.0. The van der Waals surface area contributed by atoms with E-state index < -0.39 is 0 Å². The molecule has 0 saturated carbocycles. The fourth-order valence-electron chi connectivity index (χ4n) is 2.23. The average molecular weight is 261 g/mol. The lowest BCUT2D eigenvalue weighted by Gasteiger charge is -2.22. The first kappa shape index (κ1) is 14.1. The molecule has 3 nitrogen and oxygen atoms in total. The molecule has 3 heteroatoms. The zero-order valence-corrected chi connectivity index (χ0v) is 11.4. The maximum Gasteiger partial charge on any atom is 0.119 e. The Bertz CT molecular complexity index is 369. The minimum Gasteiger partial charge on any atom is -0.490 e. The summed E-state index contributed by atoms with van der Waals surface area (Å²) in [7, 11) is 0. The minimum atomic E-state index is 0.557. The van der Waals surface area contributed by atoms with Gasteiger partial charge >= 0.3 is 0 Å². The molecule has 1 aliphatic rings. The van der Waals surface area contributed by atoms with Crippen molar-refractivity contribution in [1.82, 2.24) is 5.32 Å². The Labute approximate surface area is 115 Å². The van der Waals surface area contributed by atoms with Gasteiger partial charge in [-0.1, -0.05) is 24.8 Å². The molecule has 19 heavy (non-hydrogen) atoms. The van der Waals surface area contributed by atoms with E-state index in [1.54, 1.807) is 6.08 Å². The summed E-state index contributed by atoms with van der Waals surface area (Å²) < 4.78 is 10.8. The smallest absolute Gasteiger partial charge is 0.119 e. The topological polar surface area (TPSA) is 30.5 Å².